The number of aromatic hydroxyl groups is 1. The molecule has 8 heteroatoms. The molecule has 36 heavy (non-hydrogen) atoms. The van der Waals surface area contributed by atoms with Crippen LogP contribution < -0.4 is 15.5 Å². The maximum absolute atomic E-state index is 16.3. The first-order valence-corrected chi connectivity index (χ1v) is 12.7. The summed E-state index contributed by atoms with van der Waals surface area (Å²) in [6, 6.07) is 10.9. The summed E-state index contributed by atoms with van der Waals surface area (Å²) in [7, 11) is 0. The molecule has 2 atom stereocenters. The largest absolute Gasteiger partial charge is 0.508 e. The first kappa shape index (κ1) is 21.7. The fourth-order valence-electron chi connectivity index (χ4n) is 6.44. The van der Waals surface area contributed by atoms with Crippen LogP contribution in [0, 0.1) is 17.7 Å². The lowest BCUT2D eigenvalue weighted by Crippen LogP contribution is -2.66. The monoisotopic (exact) mass is 484 g/mol. The van der Waals surface area contributed by atoms with Gasteiger partial charge in [0.15, 0.2) is 5.82 Å². The van der Waals surface area contributed by atoms with Crippen molar-refractivity contribution in [1.29, 1.82) is 0 Å². The zero-order chi connectivity index (χ0) is 24.6. The van der Waals surface area contributed by atoms with E-state index in [1.165, 1.54) is 19.3 Å². The summed E-state index contributed by atoms with van der Waals surface area (Å²) in [5.41, 5.74) is 6.95. The van der Waals surface area contributed by atoms with E-state index in [2.05, 4.69) is 9.88 Å². The summed E-state index contributed by atoms with van der Waals surface area (Å²) in [5, 5.41) is 12.6. The number of fused-ring (bicyclic) bond motifs is 4. The molecule has 2 saturated heterocycles. The molecule has 2 aliphatic heterocycles. The van der Waals surface area contributed by atoms with Crippen LogP contribution >= 0.6 is 0 Å². The van der Waals surface area contributed by atoms with Gasteiger partial charge in [0.25, 0.3) is 0 Å². The fourth-order valence-corrected chi connectivity index (χ4v) is 6.44. The molecule has 1 aliphatic carbocycles. The number of phenolic OH excluding ortho intramolecular Hbond substituents is 1. The summed E-state index contributed by atoms with van der Waals surface area (Å²) >= 11 is 0. The number of pyridine rings is 1. The quantitative estimate of drug-likeness (QED) is 0.444. The molecule has 0 radical (unpaired) electrons. The van der Waals surface area contributed by atoms with Gasteiger partial charge in [-0.05, 0) is 60.9 Å². The maximum Gasteiger partial charge on any atom is 0.228 e. The summed E-state index contributed by atoms with van der Waals surface area (Å²) in [5.74, 6) is 2.16. The number of nitrogens with zero attached hydrogens (tertiary/aromatic N) is 5. The molecule has 3 fully saturated rings. The molecule has 184 valence electrons. The molecule has 4 aromatic rings. The smallest absolute Gasteiger partial charge is 0.228 e. The minimum atomic E-state index is -0.496. The minimum absolute atomic E-state index is 0.0701. The Morgan fingerprint density at radius 1 is 1.03 bits per heavy atom. The van der Waals surface area contributed by atoms with E-state index in [0.717, 1.165) is 29.7 Å². The third kappa shape index (κ3) is 3.46. The molecule has 7 rings (SSSR count). The van der Waals surface area contributed by atoms with Crippen LogP contribution in [0.15, 0.2) is 42.6 Å². The highest BCUT2D eigenvalue weighted by molar-refractivity contribution is 6.00. The molecule has 0 amide bonds. The van der Waals surface area contributed by atoms with E-state index in [9.17, 15) is 5.11 Å². The minimum Gasteiger partial charge on any atom is -0.508 e. The SMILES string of the molecule is CC1(N)CN(c2nc(N3CC4CCC(C4)C3)c3cnc(-c4cc(O)cc5ccccc45)c(F)c3n2)C1. The van der Waals surface area contributed by atoms with Crippen LogP contribution in [0.5, 0.6) is 5.75 Å². The summed E-state index contributed by atoms with van der Waals surface area (Å²) in [4.78, 5) is 18.6. The van der Waals surface area contributed by atoms with Crippen molar-refractivity contribution in [2.45, 2.75) is 31.7 Å². The molecular weight excluding hydrogens is 455 g/mol. The number of anilines is 2. The van der Waals surface area contributed by atoms with Gasteiger partial charge in [0, 0.05) is 43.5 Å². The topological polar surface area (TPSA) is 91.4 Å². The third-order valence-electron chi connectivity index (χ3n) is 8.05. The van der Waals surface area contributed by atoms with Crippen LogP contribution in [0.25, 0.3) is 32.9 Å². The number of halogens is 1. The number of hydrogen-bond acceptors (Lipinski definition) is 7. The second-order valence-electron chi connectivity index (χ2n) is 11.2. The predicted octanol–water partition coefficient (Wildman–Crippen LogP) is 4.46. The van der Waals surface area contributed by atoms with Gasteiger partial charge < -0.3 is 20.6 Å². The number of piperidine rings is 1. The Morgan fingerprint density at radius 2 is 1.78 bits per heavy atom. The number of hydrogen-bond donors (Lipinski definition) is 2. The van der Waals surface area contributed by atoms with Crippen LogP contribution in [-0.4, -0.2) is 51.8 Å². The van der Waals surface area contributed by atoms with Crippen molar-refractivity contribution in [3.8, 4) is 17.0 Å². The highest BCUT2D eigenvalue weighted by Gasteiger charge is 2.38. The molecule has 3 N–H and O–H groups in total. The van der Waals surface area contributed by atoms with E-state index in [0.29, 0.717) is 41.8 Å². The van der Waals surface area contributed by atoms with Gasteiger partial charge in [-0.25, -0.2) is 9.37 Å². The van der Waals surface area contributed by atoms with Crippen LogP contribution in [0.1, 0.15) is 26.2 Å². The molecule has 3 aliphatic rings. The molecule has 2 aromatic heterocycles. The normalized spacial score (nSPS) is 22.9. The van der Waals surface area contributed by atoms with E-state index in [-0.39, 0.29) is 22.5 Å². The Balaban J connectivity index is 1.42. The summed E-state index contributed by atoms with van der Waals surface area (Å²) < 4.78 is 16.3. The van der Waals surface area contributed by atoms with E-state index in [1.54, 1.807) is 18.3 Å². The molecule has 2 aromatic carbocycles. The van der Waals surface area contributed by atoms with Gasteiger partial charge in [-0.15, -0.1) is 0 Å². The van der Waals surface area contributed by atoms with Gasteiger partial charge >= 0.3 is 0 Å². The third-order valence-corrected chi connectivity index (χ3v) is 8.05. The average Bonchev–Trinajstić information content (AvgIpc) is 3.19. The highest BCUT2D eigenvalue weighted by atomic mass is 19.1. The molecule has 2 bridgehead atoms. The van der Waals surface area contributed by atoms with Gasteiger partial charge in [0.1, 0.15) is 22.8 Å². The van der Waals surface area contributed by atoms with Crippen LogP contribution in [0.3, 0.4) is 0 Å². The standard InChI is InChI=1S/C28H29FN6O/c1-28(30)14-35(15-28)27-32-25-22(26(33-27)34-12-16-6-7-17(8-16)13-34)11-31-24(23(25)29)21-10-19(36)9-18-4-2-3-5-20(18)21/h2-5,9-11,16-17,36H,6-8,12-15,30H2,1H3. The number of nitrogens with two attached hydrogens (primary N) is 1. The van der Waals surface area contributed by atoms with Crippen molar-refractivity contribution in [2.24, 2.45) is 17.6 Å². The number of benzene rings is 2. The van der Waals surface area contributed by atoms with Gasteiger partial charge in [-0.1, -0.05) is 24.3 Å². The first-order chi connectivity index (χ1) is 17.3. The van der Waals surface area contributed by atoms with Crippen molar-refractivity contribution >= 4 is 33.4 Å². The molecule has 4 heterocycles. The van der Waals surface area contributed by atoms with Gasteiger partial charge in [0.05, 0.1) is 5.39 Å². The van der Waals surface area contributed by atoms with E-state index in [1.807, 2.05) is 36.1 Å². The Bertz CT molecular complexity index is 1500. The van der Waals surface area contributed by atoms with Gasteiger partial charge in [-0.2, -0.15) is 4.98 Å². The number of aromatic nitrogens is 3. The first-order valence-electron chi connectivity index (χ1n) is 12.7. The van der Waals surface area contributed by atoms with Crippen molar-refractivity contribution in [2.75, 3.05) is 36.0 Å². The molecule has 0 spiro atoms. The van der Waals surface area contributed by atoms with Crippen molar-refractivity contribution in [1.82, 2.24) is 15.0 Å². The number of phenols is 1. The van der Waals surface area contributed by atoms with Gasteiger partial charge in [0.2, 0.25) is 5.95 Å². The lowest BCUT2D eigenvalue weighted by Gasteiger charge is -2.45. The zero-order valence-electron chi connectivity index (χ0n) is 20.3. The van der Waals surface area contributed by atoms with E-state index >= 15 is 4.39 Å². The average molecular weight is 485 g/mol. The molecule has 2 unspecified atom stereocenters. The summed E-state index contributed by atoms with van der Waals surface area (Å²) in [6.45, 7) is 5.11. The second kappa shape index (κ2) is 7.74. The van der Waals surface area contributed by atoms with Crippen molar-refractivity contribution in [3.63, 3.8) is 0 Å². The second-order valence-corrected chi connectivity index (χ2v) is 11.2. The number of rotatable bonds is 3. The molecule has 1 saturated carbocycles. The lowest BCUT2D eigenvalue weighted by atomic mass is 9.94. The fraction of sp³-hybridized carbons (Fsp3) is 0.393. The van der Waals surface area contributed by atoms with Crippen LogP contribution in [0.4, 0.5) is 16.2 Å². The lowest BCUT2D eigenvalue weighted by molar-refractivity contribution is 0.360. The Labute approximate surface area is 208 Å². The Hall–Kier alpha value is -3.52. The van der Waals surface area contributed by atoms with Gasteiger partial charge in [-0.3, -0.25) is 4.98 Å². The Morgan fingerprint density at radius 3 is 2.53 bits per heavy atom. The Kier molecular flexibility index (Phi) is 4.67. The van der Waals surface area contributed by atoms with Crippen molar-refractivity contribution < 1.29 is 9.50 Å². The molecule has 7 nitrogen and oxygen atoms in total. The van der Waals surface area contributed by atoms with E-state index in [4.69, 9.17) is 15.7 Å². The van der Waals surface area contributed by atoms with Crippen LogP contribution in [0.2, 0.25) is 0 Å². The zero-order valence-corrected chi connectivity index (χ0v) is 20.3. The predicted molar refractivity (Wildman–Crippen MR) is 140 cm³/mol. The summed E-state index contributed by atoms with van der Waals surface area (Å²) in [6.07, 6.45) is 5.46. The van der Waals surface area contributed by atoms with Crippen LogP contribution in [-0.2, 0) is 0 Å². The van der Waals surface area contributed by atoms with E-state index < -0.39 is 5.82 Å². The maximum atomic E-state index is 16.3. The highest BCUT2D eigenvalue weighted by Crippen LogP contribution is 2.41. The molecular formula is C28H29FN6O. The van der Waals surface area contributed by atoms with Crippen molar-refractivity contribution in [3.05, 3.63) is 48.4 Å².